The molecule has 0 saturated heterocycles. The molecule has 0 aliphatic rings. The molecule has 2 aromatic carbocycles. The molecule has 23 heavy (non-hydrogen) atoms. The smallest absolute Gasteiger partial charge is 0.141 e. The summed E-state index contributed by atoms with van der Waals surface area (Å²) < 4.78 is 2.36. The lowest BCUT2D eigenvalue weighted by Gasteiger charge is -2.13. The van der Waals surface area contributed by atoms with Gasteiger partial charge in [-0.05, 0) is 55.3 Å². The number of aromatic nitrogens is 2. The Morgan fingerprint density at radius 2 is 1.78 bits per heavy atom. The standard InChI is InChI=1S/C20H25N3/c1-5-6-13-23-19-12-7-15(2)14-18(19)21-20(23)16-8-10-17(11-9-16)22(3)4/h7-12,14H,5-6,13H2,1-4H3. The van der Waals surface area contributed by atoms with Gasteiger partial charge in [0.05, 0.1) is 11.0 Å². The summed E-state index contributed by atoms with van der Waals surface area (Å²) in [7, 11) is 4.13. The van der Waals surface area contributed by atoms with Gasteiger partial charge in [-0.15, -0.1) is 0 Å². The third kappa shape index (κ3) is 3.09. The molecule has 1 aromatic heterocycles. The molecule has 0 bridgehead atoms. The van der Waals surface area contributed by atoms with Gasteiger partial charge in [0.25, 0.3) is 0 Å². The number of imidazole rings is 1. The average Bonchev–Trinajstić information content (AvgIpc) is 2.90. The van der Waals surface area contributed by atoms with Crippen molar-refractivity contribution in [2.75, 3.05) is 19.0 Å². The molecule has 3 nitrogen and oxygen atoms in total. The number of benzene rings is 2. The summed E-state index contributed by atoms with van der Waals surface area (Å²) in [6.45, 7) is 5.37. The van der Waals surface area contributed by atoms with Crippen LogP contribution in [0, 0.1) is 6.92 Å². The van der Waals surface area contributed by atoms with Gasteiger partial charge in [0, 0.05) is 31.9 Å². The molecule has 0 aliphatic carbocycles. The molecule has 0 fully saturated rings. The van der Waals surface area contributed by atoms with Gasteiger partial charge in [-0.25, -0.2) is 4.98 Å². The molecule has 0 aliphatic heterocycles. The Hall–Kier alpha value is -2.29. The molecule has 0 unspecified atom stereocenters. The van der Waals surface area contributed by atoms with E-state index in [2.05, 4.69) is 79.9 Å². The van der Waals surface area contributed by atoms with E-state index >= 15 is 0 Å². The van der Waals surface area contributed by atoms with Gasteiger partial charge in [-0.2, -0.15) is 0 Å². The first-order chi connectivity index (χ1) is 11.1. The first-order valence-electron chi connectivity index (χ1n) is 8.35. The lowest BCUT2D eigenvalue weighted by atomic mass is 10.2. The van der Waals surface area contributed by atoms with Crippen LogP contribution < -0.4 is 4.90 Å². The molecular weight excluding hydrogens is 282 g/mol. The van der Waals surface area contributed by atoms with E-state index in [1.54, 1.807) is 0 Å². The zero-order chi connectivity index (χ0) is 16.4. The van der Waals surface area contributed by atoms with Crippen LogP contribution in [0.15, 0.2) is 42.5 Å². The fourth-order valence-corrected chi connectivity index (χ4v) is 2.91. The molecular formula is C20H25N3. The summed E-state index contributed by atoms with van der Waals surface area (Å²) in [4.78, 5) is 7.04. The second-order valence-electron chi connectivity index (χ2n) is 6.37. The van der Waals surface area contributed by atoms with Crippen LogP contribution in [0.5, 0.6) is 0 Å². The van der Waals surface area contributed by atoms with Gasteiger partial charge in [0.15, 0.2) is 0 Å². The molecule has 0 N–H and O–H groups in total. The van der Waals surface area contributed by atoms with E-state index in [0.717, 1.165) is 17.9 Å². The van der Waals surface area contributed by atoms with Crippen LogP contribution in [0.2, 0.25) is 0 Å². The number of unbranched alkanes of at least 4 members (excludes halogenated alkanes) is 1. The van der Waals surface area contributed by atoms with Crippen LogP contribution in [0.4, 0.5) is 5.69 Å². The van der Waals surface area contributed by atoms with E-state index in [-0.39, 0.29) is 0 Å². The lowest BCUT2D eigenvalue weighted by molar-refractivity contribution is 0.651. The SMILES string of the molecule is CCCCn1c(-c2ccc(N(C)C)cc2)nc2cc(C)ccc21. The quantitative estimate of drug-likeness (QED) is 0.670. The fourth-order valence-electron chi connectivity index (χ4n) is 2.91. The van der Waals surface area contributed by atoms with Crippen molar-refractivity contribution in [1.29, 1.82) is 0 Å². The lowest BCUT2D eigenvalue weighted by Crippen LogP contribution is -2.08. The molecule has 120 valence electrons. The molecule has 0 atom stereocenters. The Kier molecular flexibility index (Phi) is 4.37. The number of hydrogen-bond donors (Lipinski definition) is 0. The third-order valence-electron chi connectivity index (χ3n) is 4.28. The highest BCUT2D eigenvalue weighted by Gasteiger charge is 2.12. The molecule has 3 rings (SSSR count). The van der Waals surface area contributed by atoms with Crippen LogP contribution in [-0.4, -0.2) is 23.6 Å². The Bertz CT molecular complexity index is 798. The monoisotopic (exact) mass is 307 g/mol. The van der Waals surface area contributed by atoms with Crippen LogP contribution in [0.3, 0.4) is 0 Å². The second kappa shape index (κ2) is 6.45. The number of nitrogens with zero attached hydrogens (tertiary/aromatic N) is 3. The third-order valence-corrected chi connectivity index (χ3v) is 4.28. The molecule has 3 heteroatoms. The summed E-state index contributed by atoms with van der Waals surface area (Å²) in [5.41, 5.74) is 5.97. The van der Waals surface area contributed by atoms with Crippen molar-refractivity contribution in [3.8, 4) is 11.4 Å². The predicted molar refractivity (Wildman–Crippen MR) is 99.1 cm³/mol. The number of fused-ring (bicyclic) bond motifs is 1. The van der Waals surface area contributed by atoms with E-state index in [0.29, 0.717) is 0 Å². The maximum absolute atomic E-state index is 4.92. The van der Waals surface area contributed by atoms with E-state index in [1.807, 2.05) is 0 Å². The Balaban J connectivity index is 2.10. The van der Waals surface area contributed by atoms with E-state index in [4.69, 9.17) is 4.98 Å². The van der Waals surface area contributed by atoms with Gasteiger partial charge >= 0.3 is 0 Å². The number of rotatable bonds is 5. The average molecular weight is 307 g/mol. The van der Waals surface area contributed by atoms with Crippen molar-refractivity contribution in [2.24, 2.45) is 0 Å². The first kappa shape index (κ1) is 15.6. The van der Waals surface area contributed by atoms with Gasteiger partial charge in [0.2, 0.25) is 0 Å². The Morgan fingerprint density at radius 3 is 2.43 bits per heavy atom. The number of aryl methyl sites for hydroxylation is 2. The highest BCUT2D eigenvalue weighted by Crippen LogP contribution is 2.27. The highest BCUT2D eigenvalue weighted by atomic mass is 15.1. The van der Waals surface area contributed by atoms with Gasteiger partial charge in [0.1, 0.15) is 5.82 Å². The first-order valence-corrected chi connectivity index (χ1v) is 8.35. The van der Waals surface area contributed by atoms with Crippen LogP contribution in [0.25, 0.3) is 22.4 Å². The minimum Gasteiger partial charge on any atom is -0.378 e. The molecule has 0 saturated carbocycles. The zero-order valence-corrected chi connectivity index (χ0v) is 14.5. The molecule has 0 radical (unpaired) electrons. The van der Waals surface area contributed by atoms with Crippen molar-refractivity contribution < 1.29 is 0 Å². The maximum Gasteiger partial charge on any atom is 0.141 e. The molecule has 0 amide bonds. The van der Waals surface area contributed by atoms with Crippen molar-refractivity contribution in [2.45, 2.75) is 33.2 Å². The van der Waals surface area contributed by atoms with Crippen LogP contribution in [0.1, 0.15) is 25.3 Å². The van der Waals surface area contributed by atoms with Crippen LogP contribution >= 0.6 is 0 Å². The fraction of sp³-hybridized carbons (Fsp3) is 0.350. The number of hydrogen-bond acceptors (Lipinski definition) is 2. The topological polar surface area (TPSA) is 21.1 Å². The summed E-state index contributed by atoms with van der Waals surface area (Å²) in [5, 5.41) is 0. The van der Waals surface area contributed by atoms with Crippen molar-refractivity contribution >= 4 is 16.7 Å². The second-order valence-corrected chi connectivity index (χ2v) is 6.37. The summed E-state index contributed by atoms with van der Waals surface area (Å²) in [5.74, 6) is 1.07. The minimum absolute atomic E-state index is 1.01. The van der Waals surface area contributed by atoms with Crippen molar-refractivity contribution in [1.82, 2.24) is 9.55 Å². The minimum atomic E-state index is 1.01. The van der Waals surface area contributed by atoms with Gasteiger partial charge < -0.3 is 9.47 Å². The zero-order valence-electron chi connectivity index (χ0n) is 14.5. The summed E-state index contributed by atoms with van der Waals surface area (Å²) in [6.07, 6.45) is 2.35. The predicted octanol–water partition coefficient (Wildman–Crippen LogP) is 4.88. The summed E-state index contributed by atoms with van der Waals surface area (Å²) in [6, 6.07) is 15.2. The molecule has 1 heterocycles. The number of anilines is 1. The molecule has 0 spiro atoms. The Morgan fingerprint density at radius 1 is 1.04 bits per heavy atom. The maximum atomic E-state index is 4.92. The van der Waals surface area contributed by atoms with E-state index in [1.165, 1.54) is 35.2 Å². The van der Waals surface area contributed by atoms with Gasteiger partial charge in [-0.1, -0.05) is 19.4 Å². The largest absolute Gasteiger partial charge is 0.378 e. The van der Waals surface area contributed by atoms with Gasteiger partial charge in [-0.3, -0.25) is 0 Å². The summed E-state index contributed by atoms with van der Waals surface area (Å²) >= 11 is 0. The molecule has 3 aromatic rings. The Labute approximate surface area is 138 Å². The van der Waals surface area contributed by atoms with E-state index < -0.39 is 0 Å². The van der Waals surface area contributed by atoms with Crippen molar-refractivity contribution in [3.63, 3.8) is 0 Å². The van der Waals surface area contributed by atoms with E-state index in [9.17, 15) is 0 Å². The van der Waals surface area contributed by atoms with Crippen LogP contribution in [-0.2, 0) is 6.54 Å². The van der Waals surface area contributed by atoms with Crippen molar-refractivity contribution in [3.05, 3.63) is 48.0 Å². The highest BCUT2D eigenvalue weighted by molar-refractivity contribution is 5.81. The normalized spacial score (nSPS) is 11.1.